The number of nitrogens with one attached hydrogen (secondary N) is 2. The summed E-state index contributed by atoms with van der Waals surface area (Å²) in [6.45, 7) is 2.00. The third-order valence-electron chi connectivity index (χ3n) is 5.98. The standard InChI is InChI=1S/C25H22ClN9O2/c1-14-8-15(11-27)9-18(24(36)28-2)22(14)30-25(37)21-10-17(12-34-13-20(31-33-34)16-5-6-16)32-35(21)23-19(26)4-3-7-29-23/h3-4,7-10,13,16H,5-6,12H2,1-2H3,(H,28,36)(H,30,37). The van der Waals surface area contributed by atoms with Gasteiger partial charge < -0.3 is 10.6 Å². The van der Waals surface area contributed by atoms with E-state index >= 15 is 0 Å². The first-order valence-electron chi connectivity index (χ1n) is 11.6. The topological polar surface area (TPSA) is 143 Å². The smallest absolute Gasteiger partial charge is 0.274 e. The van der Waals surface area contributed by atoms with Crippen LogP contribution in [0.25, 0.3) is 5.82 Å². The van der Waals surface area contributed by atoms with Gasteiger partial charge in [0.05, 0.1) is 45.8 Å². The Labute approximate surface area is 217 Å². The number of anilines is 1. The molecule has 1 aliphatic rings. The molecule has 0 saturated heterocycles. The van der Waals surface area contributed by atoms with E-state index in [2.05, 4.69) is 31.0 Å². The van der Waals surface area contributed by atoms with Crippen LogP contribution >= 0.6 is 11.6 Å². The molecule has 0 unspecified atom stereocenters. The number of nitriles is 1. The number of nitrogens with zero attached hydrogens (tertiary/aromatic N) is 7. The molecule has 0 radical (unpaired) electrons. The predicted molar refractivity (Wildman–Crippen MR) is 135 cm³/mol. The number of halogens is 1. The van der Waals surface area contributed by atoms with E-state index in [0.717, 1.165) is 18.5 Å². The lowest BCUT2D eigenvalue weighted by Gasteiger charge is -2.14. The minimum atomic E-state index is -0.532. The summed E-state index contributed by atoms with van der Waals surface area (Å²) in [6.07, 6.45) is 5.67. The molecule has 3 heterocycles. The Morgan fingerprint density at radius 2 is 2.05 bits per heavy atom. The molecule has 186 valence electrons. The van der Waals surface area contributed by atoms with E-state index in [1.807, 2.05) is 12.3 Å². The summed E-state index contributed by atoms with van der Waals surface area (Å²) in [6, 6.07) is 10.0. The molecule has 1 aliphatic carbocycles. The van der Waals surface area contributed by atoms with E-state index in [4.69, 9.17) is 11.6 Å². The van der Waals surface area contributed by atoms with Crippen LogP contribution in [0.1, 0.15) is 62.1 Å². The molecule has 0 spiro atoms. The van der Waals surface area contributed by atoms with E-state index in [0.29, 0.717) is 27.8 Å². The SMILES string of the molecule is CNC(=O)c1cc(C#N)cc(C)c1NC(=O)c1cc(Cn2cc(C3CC3)nn2)nn1-c1ncccc1Cl. The zero-order chi connectivity index (χ0) is 26.1. The van der Waals surface area contributed by atoms with Gasteiger partial charge in [0.2, 0.25) is 0 Å². The van der Waals surface area contributed by atoms with Crippen molar-refractivity contribution in [3.8, 4) is 11.9 Å². The van der Waals surface area contributed by atoms with Crippen LogP contribution in [0.5, 0.6) is 0 Å². The van der Waals surface area contributed by atoms with Crippen molar-refractivity contribution in [1.82, 2.24) is 35.1 Å². The number of aromatic nitrogens is 6. The Balaban J connectivity index is 1.53. The van der Waals surface area contributed by atoms with E-state index in [1.54, 1.807) is 42.1 Å². The van der Waals surface area contributed by atoms with Crippen molar-refractivity contribution >= 4 is 29.1 Å². The van der Waals surface area contributed by atoms with E-state index in [9.17, 15) is 14.9 Å². The highest BCUT2D eigenvalue weighted by molar-refractivity contribution is 6.32. The molecular weight excluding hydrogens is 494 g/mol. The number of hydrogen-bond donors (Lipinski definition) is 2. The number of rotatable bonds is 7. The highest BCUT2D eigenvalue weighted by Crippen LogP contribution is 2.38. The zero-order valence-corrected chi connectivity index (χ0v) is 20.8. The predicted octanol–water partition coefficient (Wildman–Crippen LogP) is 3.23. The normalized spacial score (nSPS) is 12.7. The van der Waals surface area contributed by atoms with Crippen molar-refractivity contribution in [2.45, 2.75) is 32.2 Å². The highest BCUT2D eigenvalue weighted by atomic mass is 35.5. The molecule has 2 N–H and O–H groups in total. The average molecular weight is 516 g/mol. The minimum Gasteiger partial charge on any atom is -0.355 e. The minimum absolute atomic E-state index is 0.157. The van der Waals surface area contributed by atoms with Crippen molar-refractivity contribution in [1.29, 1.82) is 5.26 Å². The average Bonchev–Trinajstić information content (AvgIpc) is 3.50. The second-order valence-corrected chi connectivity index (χ2v) is 9.12. The lowest BCUT2D eigenvalue weighted by atomic mass is 10.0. The van der Waals surface area contributed by atoms with Gasteiger partial charge in [0.1, 0.15) is 5.69 Å². The summed E-state index contributed by atoms with van der Waals surface area (Å²) in [7, 11) is 1.48. The fourth-order valence-electron chi connectivity index (χ4n) is 4.00. The summed E-state index contributed by atoms with van der Waals surface area (Å²) < 4.78 is 3.04. The van der Waals surface area contributed by atoms with Crippen molar-refractivity contribution < 1.29 is 9.59 Å². The van der Waals surface area contributed by atoms with Crippen molar-refractivity contribution in [2.75, 3.05) is 12.4 Å². The first-order chi connectivity index (χ1) is 17.9. The molecule has 1 aromatic carbocycles. The fourth-order valence-corrected chi connectivity index (χ4v) is 4.20. The molecular formula is C25H22ClN9O2. The van der Waals surface area contributed by atoms with Crippen LogP contribution in [0.2, 0.25) is 5.02 Å². The molecule has 0 atom stereocenters. The third-order valence-corrected chi connectivity index (χ3v) is 6.28. The van der Waals surface area contributed by atoms with E-state index < -0.39 is 11.8 Å². The second-order valence-electron chi connectivity index (χ2n) is 8.72. The van der Waals surface area contributed by atoms with Gasteiger partial charge in [-0.05, 0) is 55.7 Å². The summed E-state index contributed by atoms with van der Waals surface area (Å²) in [4.78, 5) is 30.4. The number of pyridine rings is 1. The van der Waals surface area contributed by atoms with Gasteiger partial charge in [0.25, 0.3) is 11.8 Å². The number of amides is 2. The lowest BCUT2D eigenvalue weighted by molar-refractivity contribution is 0.0964. The number of carbonyl (C=O) groups excluding carboxylic acids is 2. The fraction of sp³-hybridized carbons (Fsp3) is 0.240. The maximum atomic E-state index is 13.6. The lowest BCUT2D eigenvalue weighted by Crippen LogP contribution is -2.24. The maximum absolute atomic E-state index is 13.6. The van der Waals surface area contributed by atoms with Gasteiger partial charge in [-0.1, -0.05) is 16.8 Å². The Bertz CT molecular complexity index is 1560. The molecule has 37 heavy (non-hydrogen) atoms. The highest BCUT2D eigenvalue weighted by Gasteiger charge is 2.27. The van der Waals surface area contributed by atoms with Crippen LogP contribution in [-0.4, -0.2) is 48.6 Å². The van der Waals surface area contributed by atoms with Gasteiger partial charge in [-0.15, -0.1) is 5.10 Å². The first-order valence-corrected chi connectivity index (χ1v) is 11.9. The molecule has 0 aliphatic heterocycles. The Kier molecular flexibility index (Phi) is 6.42. The molecule has 12 heteroatoms. The Hall–Kier alpha value is -4.56. The molecule has 3 aromatic heterocycles. The molecule has 11 nitrogen and oxygen atoms in total. The second kappa shape index (κ2) is 9.83. The van der Waals surface area contributed by atoms with Gasteiger partial charge in [-0.3, -0.25) is 9.59 Å². The van der Waals surface area contributed by atoms with Gasteiger partial charge in [0, 0.05) is 25.4 Å². The first kappa shape index (κ1) is 24.1. The van der Waals surface area contributed by atoms with Gasteiger partial charge >= 0.3 is 0 Å². The molecule has 4 aromatic rings. The monoisotopic (exact) mass is 515 g/mol. The molecule has 2 amide bonds. The molecule has 1 saturated carbocycles. The summed E-state index contributed by atoms with van der Waals surface area (Å²) in [5.74, 6) is -0.225. The maximum Gasteiger partial charge on any atom is 0.274 e. The van der Waals surface area contributed by atoms with Crippen LogP contribution in [0.15, 0.2) is 42.7 Å². The van der Waals surface area contributed by atoms with E-state index in [-0.39, 0.29) is 29.3 Å². The molecule has 5 rings (SSSR count). The Morgan fingerprint density at radius 3 is 2.76 bits per heavy atom. The zero-order valence-electron chi connectivity index (χ0n) is 20.1. The van der Waals surface area contributed by atoms with Crippen LogP contribution < -0.4 is 10.6 Å². The quantitative estimate of drug-likeness (QED) is 0.384. The van der Waals surface area contributed by atoms with Crippen LogP contribution in [0.4, 0.5) is 5.69 Å². The van der Waals surface area contributed by atoms with Gasteiger partial charge in [-0.25, -0.2) is 14.3 Å². The number of aryl methyl sites for hydroxylation is 1. The largest absolute Gasteiger partial charge is 0.355 e. The van der Waals surface area contributed by atoms with Gasteiger partial charge in [0.15, 0.2) is 5.82 Å². The van der Waals surface area contributed by atoms with Crippen LogP contribution in [-0.2, 0) is 6.54 Å². The van der Waals surface area contributed by atoms with Crippen molar-refractivity contribution in [2.24, 2.45) is 0 Å². The number of benzene rings is 1. The van der Waals surface area contributed by atoms with Crippen LogP contribution in [0.3, 0.4) is 0 Å². The third kappa shape index (κ3) is 4.92. The molecule has 1 fully saturated rings. The van der Waals surface area contributed by atoms with Crippen LogP contribution in [0, 0.1) is 18.3 Å². The summed E-state index contributed by atoms with van der Waals surface area (Å²) in [5.41, 5.74) is 2.97. The molecule has 0 bridgehead atoms. The Morgan fingerprint density at radius 1 is 1.24 bits per heavy atom. The number of carbonyl (C=O) groups is 2. The van der Waals surface area contributed by atoms with E-state index in [1.165, 1.54) is 17.8 Å². The number of hydrogen-bond acceptors (Lipinski definition) is 7. The summed E-state index contributed by atoms with van der Waals surface area (Å²) >= 11 is 6.39. The van der Waals surface area contributed by atoms with Crippen molar-refractivity contribution in [3.05, 3.63) is 81.5 Å². The van der Waals surface area contributed by atoms with Gasteiger partial charge in [-0.2, -0.15) is 10.4 Å². The van der Waals surface area contributed by atoms with Crippen molar-refractivity contribution in [3.63, 3.8) is 0 Å². The summed E-state index contributed by atoms with van der Waals surface area (Å²) in [5, 5.41) is 28.0.